The van der Waals surface area contributed by atoms with Crippen LogP contribution in [0.3, 0.4) is 0 Å². The lowest BCUT2D eigenvalue weighted by Crippen LogP contribution is -2.44. The molecule has 23 heavy (non-hydrogen) atoms. The second-order valence-electron chi connectivity index (χ2n) is 6.69. The van der Waals surface area contributed by atoms with Gasteiger partial charge in [0.05, 0.1) is 13.1 Å². The van der Waals surface area contributed by atoms with Gasteiger partial charge < -0.3 is 15.4 Å². The van der Waals surface area contributed by atoms with Crippen LogP contribution in [0.4, 0.5) is 13.6 Å². The van der Waals surface area contributed by atoms with E-state index in [1.165, 1.54) is 0 Å². The first-order chi connectivity index (χ1) is 10.5. The molecular formula is C17H26F2N2O2. The zero-order valence-electron chi connectivity index (χ0n) is 14.4. The number of aryl methyl sites for hydroxylation is 2. The molecule has 0 saturated carbocycles. The highest BCUT2D eigenvalue weighted by Crippen LogP contribution is 2.15. The van der Waals surface area contributed by atoms with E-state index < -0.39 is 30.7 Å². The number of hydrogen-bond acceptors (Lipinski definition) is 3. The van der Waals surface area contributed by atoms with E-state index in [-0.39, 0.29) is 0 Å². The molecule has 0 saturated heterocycles. The molecule has 0 heterocycles. The van der Waals surface area contributed by atoms with Gasteiger partial charge in [-0.3, -0.25) is 0 Å². The number of alkyl halides is 2. The number of hydrogen-bond donors (Lipinski definition) is 2. The summed E-state index contributed by atoms with van der Waals surface area (Å²) < 4.78 is 32.5. The normalized spacial score (nSPS) is 12.1. The molecule has 1 aromatic carbocycles. The molecule has 130 valence electrons. The zero-order valence-corrected chi connectivity index (χ0v) is 14.4. The molecule has 0 atom stereocenters. The Kier molecular flexibility index (Phi) is 6.50. The number of amides is 1. The van der Waals surface area contributed by atoms with Crippen LogP contribution >= 0.6 is 0 Å². The molecule has 0 aromatic heterocycles. The summed E-state index contributed by atoms with van der Waals surface area (Å²) in [4.78, 5) is 11.4. The van der Waals surface area contributed by atoms with E-state index >= 15 is 0 Å². The van der Waals surface area contributed by atoms with Gasteiger partial charge in [0.15, 0.2) is 0 Å². The molecule has 1 aromatic rings. The molecule has 0 radical (unpaired) electrons. The lowest BCUT2D eigenvalue weighted by molar-refractivity contribution is -0.00378. The molecule has 2 N–H and O–H groups in total. The third kappa shape index (κ3) is 7.41. The van der Waals surface area contributed by atoms with Crippen LogP contribution in [0.1, 0.15) is 37.5 Å². The van der Waals surface area contributed by atoms with Crippen LogP contribution in [-0.2, 0) is 11.3 Å². The van der Waals surface area contributed by atoms with Gasteiger partial charge >= 0.3 is 6.09 Å². The summed E-state index contributed by atoms with van der Waals surface area (Å²) >= 11 is 0. The first-order valence-corrected chi connectivity index (χ1v) is 7.61. The van der Waals surface area contributed by atoms with Gasteiger partial charge in [-0.15, -0.1) is 0 Å². The van der Waals surface area contributed by atoms with E-state index in [0.29, 0.717) is 6.54 Å². The van der Waals surface area contributed by atoms with Crippen LogP contribution in [0, 0.1) is 13.8 Å². The van der Waals surface area contributed by atoms with Crippen molar-refractivity contribution in [2.24, 2.45) is 0 Å². The highest BCUT2D eigenvalue weighted by molar-refractivity contribution is 5.67. The van der Waals surface area contributed by atoms with Gasteiger partial charge in [-0.2, -0.15) is 0 Å². The Hall–Kier alpha value is -1.69. The number of benzene rings is 1. The molecule has 4 nitrogen and oxygen atoms in total. The average Bonchev–Trinajstić information content (AvgIpc) is 2.38. The molecule has 0 aliphatic heterocycles. The first kappa shape index (κ1) is 19.4. The molecule has 0 bridgehead atoms. The van der Waals surface area contributed by atoms with E-state index in [4.69, 9.17) is 4.74 Å². The van der Waals surface area contributed by atoms with Crippen molar-refractivity contribution in [3.8, 4) is 0 Å². The van der Waals surface area contributed by atoms with Crippen molar-refractivity contribution in [1.29, 1.82) is 0 Å². The van der Waals surface area contributed by atoms with Crippen molar-refractivity contribution in [3.63, 3.8) is 0 Å². The summed E-state index contributed by atoms with van der Waals surface area (Å²) in [7, 11) is 0. The topological polar surface area (TPSA) is 50.4 Å². The van der Waals surface area contributed by atoms with Gasteiger partial charge in [-0.25, -0.2) is 13.6 Å². The number of ether oxygens (including phenoxy) is 1. The van der Waals surface area contributed by atoms with Crippen molar-refractivity contribution >= 4 is 6.09 Å². The number of halogens is 2. The van der Waals surface area contributed by atoms with Gasteiger partial charge in [-0.05, 0) is 51.3 Å². The third-order valence-electron chi connectivity index (χ3n) is 3.22. The molecule has 1 rings (SSSR count). The minimum absolute atomic E-state index is 0.362. The highest BCUT2D eigenvalue weighted by Gasteiger charge is 2.30. The maximum absolute atomic E-state index is 13.8. The van der Waals surface area contributed by atoms with Crippen molar-refractivity contribution in [3.05, 3.63) is 34.9 Å². The Morgan fingerprint density at radius 2 is 1.70 bits per heavy atom. The Morgan fingerprint density at radius 3 is 2.22 bits per heavy atom. The standard InChI is InChI=1S/C17H26F2N2O2/c1-12-7-6-8-13(2)14(12)9-20-10-17(18,19)11-21-15(22)23-16(3,4)5/h6-8,20H,9-11H2,1-5H3,(H,21,22). The Bertz CT molecular complexity index is 520. The van der Waals surface area contributed by atoms with Crippen LogP contribution in [0.2, 0.25) is 0 Å². The maximum Gasteiger partial charge on any atom is 0.407 e. The fourth-order valence-corrected chi connectivity index (χ4v) is 2.08. The molecule has 1 amide bonds. The van der Waals surface area contributed by atoms with E-state index in [0.717, 1.165) is 16.7 Å². The van der Waals surface area contributed by atoms with E-state index in [2.05, 4.69) is 10.6 Å². The van der Waals surface area contributed by atoms with E-state index in [9.17, 15) is 13.6 Å². The molecule has 0 spiro atoms. The monoisotopic (exact) mass is 328 g/mol. The van der Waals surface area contributed by atoms with Gasteiger partial charge in [0.25, 0.3) is 5.92 Å². The van der Waals surface area contributed by atoms with Crippen LogP contribution in [0.5, 0.6) is 0 Å². The Morgan fingerprint density at radius 1 is 1.13 bits per heavy atom. The van der Waals surface area contributed by atoms with Crippen molar-refractivity contribution in [2.45, 2.75) is 52.7 Å². The summed E-state index contributed by atoms with van der Waals surface area (Å²) in [6, 6.07) is 5.84. The summed E-state index contributed by atoms with van der Waals surface area (Å²) in [5, 5.41) is 4.85. The minimum Gasteiger partial charge on any atom is -0.444 e. The second kappa shape index (κ2) is 7.73. The minimum atomic E-state index is -3.05. The van der Waals surface area contributed by atoms with Gasteiger partial charge in [0, 0.05) is 6.54 Å². The van der Waals surface area contributed by atoms with Crippen LogP contribution in [0.15, 0.2) is 18.2 Å². The average molecular weight is 328 g/mol. The predicted molar refractivity (Wildman–Crippen MR) is 86.8 cm³/mol. The fraction of sp³-hybridized carbons (Fsp3) is 0.588. The molecule has 0 unspecified atom stereocenters. The largest absolute Gasteiger partial charge is 0.444 e. The number of carbonyl (C=O) groups is 1. The maximum atomic E-state index is 13.8. The summed E-state index contributed by atoms with van der Waals surface area (Å²) in [6.45, 7) is 8.02. The second-order valence-corrected chi connectivity index (χ2v) is 6.69. The van der Waals surface area contributed by atoms with E-state index in [1.54, 1.807) is 20.8 Å². The summed E-state index contributed by atoms with van der Waals surface area (Å²) in [6.07, 6.45) is -0.841. The van der Waals surface area contributed by atoms with Gasteiger partial charge in [0.2, 0.25) is 0 Å². The smallest absolute Gasteiger partial charge is 0.407 e. The molecule has 0 aliphatic rings. The van der Waals surface area contributed by atoms with Crippen molar-refractivity contribution in [2.75, 3.05) is 13.1 Å². The van der Waals surface area contributed by atoms with Crippen LogP contribution < -0.4 is 10.6 Å². The lowest BCUT2D eigenvalue weighted by Gasteiger charge is -2.22. The summed E-state index contributed by atoms with van der Waals surface area (Å²) in [5.41, 5.74) is 2.43. The Labute approximate surface area is 136 Å². The van der Waals surface area contributed by atoms with Crippen molar-refractivity contribution in [1.82, 2.24) is 10.6 Å². The first-order valence-electron chi connectivity index (χ1n) is 7.61. The quantitative estimate of drug-likeness (QED) is 0.839. The number of alkyl carbamates (subject to hydrolysis) is 1. The number of nitrogens with one attached hydrogen (secondary N) is 2. The molecule has 0 fully saturated rings. The molecule has 6 heteroatoms. The van der Waals surface area contributed by atoms with Gasteiger partial charge in [0.1, 0.15) is 5.60 Å². The molecular weight excluding hydrogens is 302 g/mol. The fourth-order valence-electron chi connectivity index (χ4n) is 2.08. The Balaban J connectivity index is 2.42. The lowest BCUT2D eigenvalue weighted by atomic mass is 10.0. The SMILES string of the molecule is Cc1cccc(C)c1CNCC(F)(F)CNC(=O)OC(C)(C)C. The van der Waals surface area contributed by atoms with Crippen LogP contribution in [-0.4, -0.2) is 30.7 Å². The molecule has 0 aliphatic carbocycles. The number of carbonyl (C=O) groups excluding carboxylic acids is 1. The highest BCUT2D eigenvalue weighted by atomic mass is 19.3. The van der Waals surface area contributed by atoms with Crippen molar-refractivity contribution < 1.29 is 18.3 Å². The zero-order chi connectivity index (χ0) is 17.7. The number of rotatable bonds is 6. The van der Waals surface area contributed by atoms with E-state index in [1.807, 2.05) is 32.0 Å². The van der Waals surface area contributed by atoms with Gasteiger partial charge in [-0.1, -0.05) is 18.2 Å². The third-order valence-corrected chi connectivity index (χ3v) is 3.22. The summed E-state index contributed by atoms with van der Waals surface area (Å²) in [5.74, 6) is -3.05. The van der Waals surface area contributed by atoms with Crippen LogP contribution in [0.25, 0.3) is 0 Å². The predicted octanol–water partition coefficient (Wildman–Crippen LogP) is 3.55.